The van der Waals surface area contributed by atoms with E-state index in [-0.39, 0.29) is 5.75 Å². The SMILES string of the molecule is Cn1nc2cccc(O)c2c1-c1ccccc1. The lowest BCUT2D eigenvalue weighted by Crippen LogP contribution is -1.93. The number of aromatic nitrogens is 2. The van der Waals surface area contributed by atoms with Crippen molar-refractivity contribution in [3.63, 3.8) is 0 Å². The van der Waals surface area contributed by atoms with E-state index >= 15 is 0 Å². The van der Waals surface area contributed by atoms with Gasteiger partial charge in [0.05, 0.1) is 16.6 Å². The second-order valence-corrected chi connectivity index (χ2v) is 4.01. The molecular formula is C14H12N2O. The Morgan fingerprint density at radius 3 is 2.53 bits per heavy atom. The molecule has 0 radical (unpaired) electrons. The van der Waals surface area contributed by atoms with Crippen molar-refractivity contribution in [2.24, 2.45) is 7.05 Å². The van der Waals surface area contributed by atoms with E-state index in [1.165, 1.54) is 0 Å². The summed E-state index contributed by atoms with van der Waals surface area (Å²) in [6.45, 7) is 0. The zero-order chi connectivity index (χ0) is 11.8. The van der Waals surface area contributed by atoms with Gasteiger partial charge in [-0.2, -0.15) is 5.10 Å². The number of aryl methyl sites for hydroxylation is 1. The molecule has 1 aromatic heterocycles. The van der Waals surface area contributed by atoms with Crippen LogP contribution in [0.3, 0.4) is 0 Å². The Kier molecular flexibility index (Phi) is 2.11. The van der Waals surface area contributed by atoms with Crippen LogP contribution in [0.15, 0.2) is 48.5 Å². The van der Waals surface area contributed by atoms with E-state index in [4.69, 9.17) is 0 Å². The average Bonchev–Trinajstić information content (AvgIpc) is 2.68. The summed E-state index contributed by atoms with van der Waals surface area (Å²) in [4.78, 5) is 0. The molecule has 3 heteroatoms. The van der Waals surface area contributed by atoms with E-state index in [9.17, 15) is 5.11 Å². The molecule has 84 valence electrons. The second-order valence-electron chi connectivity index (χ2n) is 4.01. The zero-order valence-electron chi connectivity index (χ0n) is 9.46. The summed E-state index contributed by atoms with van der Waals surface area (Å²) in [6, 6.07) is 15.4. The highest BCUT2D eigenvalue weighted by Crippen LogP contribution is 2.33. The van der Waals surface area contributed by atoms with Crippen molar-refractivity contribution < 1.29 is 5.11 Å². The van der Waals surface area contributed by atoms with Crippen LogP contribution in [0.4, 0.5) is 0 Å². The maximum absolute atomic E-state index is 9.97. The highest BCUT2D eigenvalue weighted by atomic mass is 16.3. The molecule has 3 nitrogen and oxygen atoms in total. The predicted octanol–water partition coefficient (Wildman–Crippen LogP) is 2.95. The van der Waals surface area contributed by atoms with Crippen LogP contribution in [0, 0.1) is 0 Å². The fourth-order valence-corrected chi connectivity index (χ4v) is 2.15. The molecule has 1 heterocycles. The summed E-state index contributed by atoms with van der Waals surface area (Å²) >= 11 is 0. The van der Waals surface area contributed by atoms with E-state index in [1.807, 2.05) is 43.4 Å². The fraction of sp³-hybridized carbons (Fsp3) is 0.0714. The molecule has 0 bridgehead atoms. The van der Waals surface area contributed by atoms with Gasteiger partial charge in [-0.05, 0) is 12.1 Å². The van der Waals surface area contributed by atoms with Crippen molar-refractivity contribution in [2.45, 2.75) is 0 Å². The quantitative estimate of drug-likeness (QED) is 0.690. The topological polar surface area (TPSA) is 38.0 Å². The first kappa shape index (κ1) is 9.90. The highest BCUT2D eigenvalue weighted by Gasteiger charge is 2.13. The Morgan fingerprint density at radius 2 is 1.76 bits per heavy atom. The van der Waals surface area contributed by atoms with E-state index in [1.54, 1.807) is 16.8 Å². The highest BCUT2D eigenvalue weighted by molar-refractivity contribution is 5.97. The first-order chi connectivity index (χ1) is 8.27. The van der Waals surface area contributed by atoms with Crippen LogP contribution < -0.4 is 0 Å². The lowest BCUT2D eigenvalue weighted by molar-refractivity contribution is 0.482. The van der Waals surface area contributed by atoms with Crippen molar-refractivity contribution in [3.05, 3.63) is 48.5 Å². The molecule has 17 heavy (non-hydrogen) atoms. The molecule has 2 aromatic carbocycles. The van der Waals surface area contributed by atoms with Crippen LogP contribution in [0.25, 0.3) is 22.2 Å². The van der Waals surface area contributed by atoms with Crippen LogP contribution in [0.2, 0.25) is 0 Å². The third-order valence-electron chi connectivity index (χ3n) is 2.89. The Bertz CT molecular complexity index is 671. The lowest BCUT2D eigenvalue weighted by Gasteiger charge is -2.03. The van der Waals surface area contributed by atoms with Crippen LogP contribution in [0.1, 0.15) is 0 Å². The summed E-state index contributed by atoms with van der Waals surface area (Å²) in [6.07, 6.45) is 0. The number of hydrogen-bond donors (Lipinski definition) is 1. The minimum absolute atomic E-state index is 0.273. The third kappa shape index (κ3) is 1.47. The van der Waals surface area contributed by atoms with Gasteiger partial charge in [0.2, 0.25) is 0 Å². The van der Waals surface area contributed by atoms with Crippen LogP contribution in [-0.4, -0.2) is 14.9 Å². The first-order valence-electron chi connectivity index (χ1n) is 5.47. The van der Waals surface area contributed by atoms with Crippen LogP contribution in [0.5, 0.6) is 5.75 Å². The number of phenols is 1. The van der Waals surface area contributed by atoms with Gasteiger partial charge in [0.1, 0.15) is 5.75 Å². The molecule has 0 aliphatic heterocycles. The monoisotopic (exact) mass is 224 g/mol. The molecule has 1 N–H and O–H groups in total. The lowest BCUT2D eigenvalue weighted by atomic mass is 10.1. The van der Waals surface area contributed by atoms with Crippen molar-refractivity contribution in [2.75, 3.05) is 0 Å². The third-order valence-corrected chi connectivity index (χ3v) is 2.89. The van der Waals surface area contributed by atoms with Gasteiger partial charge in [-0.3, -0.25) is 4.68 Å². The van der Waals surface area contributed by atoms with Crippen LogP contribution in [-0.2, 0) is 7.05 Å². The summed E-state index contributed by atoms with van der Waals surface area (Å²) in [7, 11) is 1.89. The van der Waals surface area contributed by atoms with Crippen molar-refractivity contribution >= 4 is 10.9 Å². The van der Waals surface area contributed by atoms with Crippen molar-refractivity contribution in [3.8, 4) is 17.0 Å². The Hall–Kier alpha value is -2.29. The zero-order valence-corrected chi connectivity index (χ0v) is 9.46. The Balaban J connectivity index is 2.40. The maximum Gasteiger partial charge on any atom is 0.127 e. The molecule has 0 amide bonds. The van der Waals surface area contributed by atoms with Gasteiger partial charge < -0.3 is 5.11 Å². The van der Waals surface area contributed by atoms with Crippen molar-refractivity contribution in [1.82, 2.24) is 9.78 Å². The normalized spacial score (nSPS) is 10.9. The number of phenolic OH excluding ortho intramolecular Hbond substituents is 1. The molecule has 0 unspecified atom stereocenters. The fourth-order valence-electron chi connectivity index (χ4n) is 2.15. The number of rotatable bonds is 1. The summed E-state index contributed by atoms with van der Waals surface area (Å²) in [5, 5.41) is 15.2. The van der Waals surface area contributed by atoms with Gasteiger partial charge in [-0.1, -0.05) is 36.4 Å². The van der Waals surface area contributed by atoms with E-state index in [0.717, 1.165) is 22.2 Å². The van der Waals surface area contributed by atoms with Gasteiger partial charge in [-0.25, -0.2) is 0 Å². The van der Waals surface area contributed by atoms with Crippen molar-refractivity contribution in [1.29, 1.82) is 0 Å². The van der Waals surface area contributed by atoms with Gasteiger partial charge in [-0.15, -0.1) is 0 Å². The average molecular weight is 224 g/mol. The molecule has 0 aliphatic carbocycles. The summed E-state index contributed by atoms with van der Waals surface area (Å²) in [5.74, 6) is 0.273. The van der Waals surface area contributed by atoms with E-state index < -0.39 is 0 Å². The molecule has 0 fully saturated rings. The van der Waals surface area contributed by atoms with Gasteiger partial charge in [0.25, 0.3) is 0 Å². The molecule has 0 spiro atoms. The number of aromatic hydroxyl groups is 1. The molecule has 0 saturated heterocycles. The second kappa shape index (κ2) is 3.63. The number of fused-ring (bicyclic) bond motifs is 1. The summed E-state index contributed by atoms with van der Waals surface area (Å²) in [5.41, 5.74) is 2.81. The molecule has 0 atom stereocenters. The smallest absolute Gasteiger partial charge is 0.127 e. The molecule has 3 aromatic rings. The number of nitrogens with zero attached hydrogens (tertiary/aromatic N) is 2. The summed E-state index contributed by atoms with van der Waals surface area (Å²) < 4.78 is 1.81. The minimum atomic E-state index is 0.273. The first-order valence-corrected chi connectivity index (χ1v) is 5.47. The predicted molar refractivity (Wildman–Crippen MR) is 67.8 cm³/mol. The molecule has 0 aliphatic rings. The Labute approximate surface area is 98.9 Å². The standard InChI is InChI=1S/C14H12N2O/c1-16-14(10-6-3-2-4-7-10)13-11(15-16)8-5-9-12(13)17/h2-9,17H,1H3. The van der Waals surface area contributed by atoms with Gasteiger partial charge in [0.15, 0.2) is 0 Å². The maximum atomic E-state index is 9.97. The number of hydrogen-bond acceptors (Lipinski definition) is 2. The number of benzene rings is 2. The Morgan fingerprint density at radius 1 is 1.00 bits per heavy atom. The van der Waals surface area contributed by atoms with E-state index in [0.29, 0.717) is 0 Å². The molecule has 3 rings (SSSR count). The van der Waals surface area contributed by atoms with Crippen LogP contribution >= 0.6 is 0 Å². The van der Waals surface area contributed by atoms with E-state index in [2.05, 4.69) is 5.10 Å². The van der Waals surface area contributed by atoms with Gasteiger partial charge >= 0.3 is 0 Å². The molecular weight excluding hydrogens is 212 g/mol. The minimum Gasteiger partial charge on any atom is -0.507 e. The van der Waals surface area contributed by atoms with Gasteiger partial charge in [0, 0.05) is 12.6 Å². The largest absolute Gasteiger partial charge is 0.507 e. The molecule has 0 saturated carbocycles.